The van der Waals surface area contributed by atoms with Crippen LogP contribution in [0.1, 0.15) is 46.3 Å². The molecule has 9 nitrogen and oxygen atoms in total. The first-order chi connectivity index (χ1) is 16.2. The van der Waals surface area contributed by atoms with E-state index in [0.717, 1.165) is 5.56 Å². The molecule has 0 spiro atoms. The lowest BCUT2D eigenvalue weighted by Gasteiger charge is -2.31. The maximum absolute atomic E-state index is 12.7. The Hall–Kier alpha value is -3.40. The van der Waals surface area contributed by atoms with Crippen LogP contribution in [0.25, 0.3) is 0 Å². The van der Waals surface area contributed by atoms with Crippen LogP contribution < -0.4 is 10.6 Å². The molecule has 1 saturated heterocycles. The predicted molar refractivity (Wildman–Crippen MR) is 130 cm³/mol. The number of carbonyl (C=O) groups excluding carboxylic acids is 3. The Morgan fingerprint density at radius 3 is 2.29 bits per heavy atom. The van der Waals surface area contributed by atoms with Crippen LogP contribution in [0.3, 0.4) is 0 Å². The Balaban J connectivity index is 1.53. The van der Waals surface area contributed by atoms with E-state index in [-0.39, 0.29) is 36.0 Å². The molecule has 10 heteroatoms. The molecule has 3 rings (SSSR count). The number of ether oxygens (including phenoxy) is 1. The van der Waals surface area contributed by atoms with Crippen molar-refractivity contribution in [1.29, 1.82) is 0 Å². The van der Waals surface area contributed by atoms with Crippen molar-refractivity contribution in [3.05, 3.63) is 59.4 Å². The molecular weight excluding hydrogens is 456 g/mol. The molecule has 0 bridgehead atoms. The van der Waals surface area contributed by atoms with Crippen molar-refractivity contribution >= 4 is 33.3 Å². The smallest absolute Gasteiger partial charge is 0.409 e. The number of carbonyl (C=O) groups is 3. The maximum Gasteiger partial charge on any atom is 0.409 e. The zero-order valence-electron chi connectivity index (χ0n) is 19.4. The second-order valence-corrected chi connectivity index (χ2v) is 10.7. The fourth-order valence-corrected chi connectivity index (χ4v) is 4.25. The standard InChI is InChI=1S/C24H30N4O5S/c1-4-33-24(31)28-14-12-18(13-15-28)26-23(30)21-7-5-6-20(27-21)22(29)25-16-17-8-10-19(11-9-17)34(2,3)32/h5-11,18H,2,4,12-16H2,1,3H3,(H,25,29)(H,26,30). The van der Waals surface area contributed by atoms with Crippen molar-refractivity contribution in [3.63, 3.8) is 0 Å². The van der Waals surface area contributed by atoms with E-state index in [1.54, 1.807) is 60.5 Å². The van der Waals surface area contributed by atoms with Crippen molar-refractivity contribution in [2.45, 2.75) is 37.2 Å². The lowest BCUT2D eigenvalue weighted by atomic mass is 10.1. The first-order valence-electron chi connectivity index (χ1n) is 11.1. The van der Waals surface area contributed by atoms with E-state index in [1.165, 1.54) is 0 Å². The third kappa shape index (κ3) is 6.80. The summed E-state index contributed by atoms with van der Waals surface area (Å²) in [4.78, 5) is 43.5. The summed E-state index contributed by atoms with van der Waals surface area (Å²) in [5, 5.41) is 5.70. The number of pyridine rings is 1. The van der Waals surface area contributed by atoms with E-state index in [2.05, 4.69) is 21.5 Å². The lowest BCUT2D eigenvalue weighted by molar-refractivity contribution is 0.0856. The molecule has 34 heavy (non-hydrogen) atoms. The van der Waals surface area contributed by atoms with Crippen molar-refractivity contribution in [2.75, 3.05) is 26.0 Å². The largest absolute Gasteiger partial charge is 0.450 e. The number of rotatable bonds is 7. The summed E-state index contributed by atoms with van der Waals surface area (Å²) >= 11 is 0. The maximum atomic E-state index is 12.7. The van der Waals surface area contributed by atoms with E-state index >= 15 is 0 Å². The molecule has 0 saturated carbocycles. The number of aromatic nitrogens is 1. The van der Waals surface area contributed by atoms with Crippen LogP contribution in [0.15, 0.2) is 47.4 Å². The Labute approximate surface area is 199 Å². The molecule has 3 amide bonds. The highest BCUT2D eigenvalue weighted by Crippen LogP contribution is 2.13. The molecule has 1 aliphatic heterocycles. The van der Waals surface area contributed by atoms with Crippen LogP contribution in [-0.2, 0) is 20.8 Å². The van der Waals surface area contributed by atoms with Crippen molar-refractivity contribution in [3.8, 4) is 0 Å². The monoisotopic (exact) mass is 486 g/mol. The van der Waals surface area contributed by atoms with Crippen LogP contribution in [0.4, 0.5) is 4.79 Å². The number of hydrogen-bond donors (Lipinski definition) is 2. The first-order valence-corrected chi connectivity index (χ1v) is 13.2. The molecule has 0 radical (unpaired) electrons. The molecule has 1 aromatic heterocycles. The van der Waals surface area contributed by atoms with Gasteiger partial charge in [0.1, 0.15) is 11.4 Å². The van der Waals surface area contributed by atoms with Gasteiger partial charge in [-0.1, -0.05) is 18.2 Å². The highest BCUT2D eigenvalue weighted by molar-refractivity contribution is 7.99. The second-order valence-electron chi connectivity index (χ2n) is 8.17. The Morgan fingerprint density at radius 1 is 1.09 bits per heavy atom. The fourth-order valence-electron chi connectivity index (χ4n) is 3.54. The molecule has 2 heterocycles. The molecule has 1 fully saturated rings. The van der Waals surface area contributed by atoms with E-state index in [9.17, 15) is 18.6 Å². The average molecular weight is 487 g/mol. The van der Waals surface area contributed by atoms with Crippen molar-refractivity contribution in [1.82, 2.24) is 20.5 Å². The Kier molecular flexibility index (Phi) is 8.27. The van der Waals surface area contributed by atoms with Gasteiger partial charge in [0.2, 0.25) is 0 Å². The summed E-state index contributed by atoms with van der Waals surface area (Å²) in [5.41, 5.74) is 1.12. The molecule has 0 aliphatic carbocycles. The van der Waals surface area contributed by atoms with Crippen molar-refractivity contribution in [2.24, 2.45) is 0 Å². The van der Waals surface area contributed by atoms with E-state index in [4.69, 9.17) is 4.74 Å². The van der Waals surface area contributed by atoms with Gasteiger partial charge in [0, 0.05) is 36.8 Å². The van der Waals surface area contributed by atoms with Gasteiger partial charge in [0.15, 0.2) is 0 Å². The molecule has 1 unspecified atom stereocenters. The third-order valence-electron chi connectivity index (χ3n) is 5.45. The van der Waals surface area contributed by atoms with Gasteiger partial charge >= 0.3 is 6.09 Å². The minimum atomic E-state index is -2.28. The number of benzene rings is 1. The second kappa shape index (κ2) is 11.1. The fraction of sp³-hybridized carbons (Fsp3) is 0.375. The molecule has 1 aromatic carbocycles. The molecule has 2 aromatic rings. The molecule has 1 aliphatic rings. The summed E-state index contributed by atoms with van der Waals surface area (Å²) in [6.07, 6.45) is 2.47. The minimum Gasteiger partial charge on any atom is -0.450 e. The highest BCUT2D eigenvalue weighted by atomic mass is 32.2. The van der Waals surface area contributed by atoms with Gasteiger partial charge in [-0.3, -0.25) is 13.8 Å². The van der Waals surface area contributed by atoms with Gasteiger partial charge in [-0.25, -0.2) is 9.78 Å². The number of hydrogen-bond acceptors (Lipinski definition) is 6. The zero-order valence-corrected chi connectivity index (χ0v) is 20.2. The van der Waals surface area contributed by atoms with Crippen LogP contribution >= 0.6 is 0 Å². The number of piperidine rings is 1. The average Bonchev–Trinajstić information content (AvgIpc) is 2.83. The Morgan fingerprint density at radius 2 is 1.71 bits per heavy atom. The normalized spacial score (nSPS) is 15.8. The van der Waals surface area contributed by atoms with Crippen LogP contribution in [0.5, 0.6) is 0 Å². The van der Waals surface area contributed by atoms with Gasteiger partial charge < -0.3 is 20.3 Å². The summed E-state index contributed by atoms with van der Waals surface area (Å²) in [5.74, 6) is 2.89. The van der Waals surface area contributed by atoms with E-state index < -0.39 is 15.4 Å². The lowest BCUT2D eigenvalue weighted by Crippen LogP contribution is -2.46. The van der Waals surface area contributed by atoms with Crippen LogP contribution in [-0.4, -0.2) is 69.9 Å². The molecule has 2 N–H and O–H groups in total. The van der Waals surface area contributed by atoms with Gasteiger partial charge in [-0.05, 0) is 65.0 Å². The van der Waals surface area contributed by atoms with Crippen LogP contribution in [0, 0.1) is 0 Å². The van der Waals surface area contributed by atoms with Gasteiger partial charge in [-0.2, -0.15) is 0 Å². The highest BCUT2D eigenvalue weighted by Gasteiger charge is 2.25. The molecule has 1 atom stereocenters. The number of nitrogens with one attached hydrogen (secondary N) is 2. The Bertz CT molecular complexity index is 1140. The van der Waals surface area contributed by atoms with Gasteiger partial charge in [-0.15, -0.1) is 0 Å². The summed E-state index contributed by atoms with van der Waals surface area (Å²) in [6.45, 7) is 3.36. The topological polar surface area (TPSA) is 118 Å². The molecule has 182 valence electrons. The quantitative estimate of drug-likeness (QED) is 0.579. The van der Waals surface area contributed by atoms with E-state index in [0.29, 0.717) is 37.4 Å². The number of likely N-dealkylation sites (tertiary alicyclic amines) is 1. The SMILES string of the molecule is C=S(C)(=O)c1ccc(CNC(=O)c2cccc(C(=O)NC3CCN(C(=O)OCC)CC3)n2)cc1. The minimum absolute atomic E-state index is 0.0865. The summed E-state index contributed by atoms with van der Waals surface area (Å²) < 4.78 is 17.0. The van der Waals surface area contributed by atoms with Gasteiger partial charge in [0.05, 0.1) is 6.61 Å². The number of amides is 3. The van der Waals surface area contributed by atoms with Crippen molar-refractivity contribution < 1.29 is 23.3 Å². The van der Waals surface area contributed by atoms with Gasteiger partial charge in [0.25, 0.3) is 11.8 Å². The van der Waals surface area contributed by atoms with Crippen LogP contribution in [0.2, 0.25) is 0 Å². The third-order valence-corrected chi connectivity index (χ3v) is 6.71. The predicted octanol–water partition coefficient (Wildman–Crippen LogP) is 2.07. The summed E-state index contributed by atoms with van der Waals surface area (Å²) in [6, 6.07) is 11.7. The molecular formula is C24H30N4O5S. The first kappa shape index (κ1) is 25.2. The summed E-state index contributed by atoms with van der Waals surface area (Å²) in [7, 11) is -2.28. The number of nitrogens with zero attached hydrogens (tertiary/aromatic N) is 2. The van der Waals surface area contributed by atoms with E-state index in [1.807, 2.05) is 0 Å². The zero-order chi connectivity index (χ0) is 24.7.